The zero-order valence-corrected chi connectivity index (χ0v) is 8.62. The number of thioether (sulfide) groups is 1. The largest absolute Gasteiger partial charge is 0.389 e. The van der Waals surface area contributed by atoms with E-state index in [1.54, 1.807) is 24.8 Å². The highest BCUT2D eigenvalue weighted by atomic mass is 35.5. The molecule has 0 aliphatic rings. The van der Waals surface area contributed by atoms with Crippen molar-refractivity contribution >= 4 is 23.4 Å². The summed E-state index contributed by atoms with van der Waals surface area (Å²) >= 11 is 7.41. The summed E-state index contributed by atoms with van der Waals surface area (Å²) < 4.78 is 0. The maximum atomic E-state index is 9.39. The third-order valence-corrected chi connectivity index (χ3v) is 2.69. The van der Waals surface area contributed by atoms with Crippen LogP contribution in [0.25, 0.3) is 0 Å². The molecule has 1 N–H and O–H groups in total. The average Bonchev–Trinajstić information content (AvgIpc) is 2.04. The van der Waals surface area contributed by atoms with Crippen molar-refractivity contribution in [1.29, 1.82) is 0 Å². The first kappa shape index (κ1) is 9.90. The number of hydrogen-bond donors (Lipinski definition) is 1. The standard InChI is InChI=1S/C9H11ClOS/c1-6(11)8-5-7(10)3-4-9(8)12-2/h3-6,11H,1-2H3. The Hall–Kier alpha value is -0.180. The lowest BCUT2D eigenvalue weighted by atomic mass is 10.1. The Kier molecular flexibility index (Phi) is 3.44. The molecule has 0 aliphatic heterocycles. The summed E-state index contributed by atoms with van der Waals surface area (Å²) in [6.45, 7) is 1.74. The van der Waals surface area contributed by atoms with Crippen molar-refractivity contribution in [2.24, 2.45) is 0 Å². The summed E-state index contributed by atoms with van der Waals surface area (Å²) in [5, 5.41) is 10.1. The molecule has 0 radical (unpaired) electrons. The lowest BCUT2D eigenvalue weighted by Crippen LogP contribution is -1.93. The first-order valence-electron chi connectivity index (χ1n) is 3.66. The first-order valence-corrected chi connectivity index (χ1v) is 5.27. The quantitative estimate of drug-likeness (QED) is 0.744. The summed E-state index contributed by atoms with van der Waals surface area (Å²) in [5.41, 5.74) is 0.898. The van der Waals surface area contributed by atoms with Gasteiger partial charge in [-0.15, -0.1) is 11.8 Å². The molecule has 0 fully saturated rings. The summed E-state index contributed by atoms with van der Waals surface area (Å²) in [7, 11) is 0. The van der Waals surface area contributed by atoms with Crippen LogP contribution in [-0.4, -0.2) is 11.4 Å². The molecular weight excluding hydrogens is 192 g/mol. The first-order chi connectivity index (χ1) is 5.65. The zero-order valence-electron chi connectivity index (χ0n) is 7.04. The van der Waals surface area contributed by atoms with E-state index in [9.17, 15) is 5.11 Å². The van der Waals surface area contributed by atoms with E-state index in [1.165, 1.54) is 0 Å². The van der Waals surface area contributed by atoms with E-state index in [2.05, 4.69) is 0 Å². The van der Waals surface area contributed by atoms with Crippen LogP contribution in [-0.2, 0) is 0 Å². The van der Waals surface area contributed by atoms with Crippen LogP contribution in [0.4, 0.5) is 0 Å². The number of aliphatic hydroxyl groups is 1. The molecule has 1 rings (SSSR count). The normalized spacial score (nSPS) is 13.0. The van der Waals surface area contributed by atoms with Crippen LogP contribution in [0.5, 0.6) is 0 Å². The molecule has 0 saturated heterocycles. The van der Waals surface area contributed by atoms with Gasteiger partial charge < -0.3 is 5.11 Å². The molecule has 0 heterocycles. The van der Waals surface area contributed by atoms with E-state index < -0.39 is 6.10 Å². The summed E-state index contributed by atoms with van der Waals surface area (Å²) in [4.78, 5) is 1.08. The minimum absolute atomic E-state index is 0.453. The van der Waals surface area contributed by atoms with Crippen LogP contribution in [0.1, 0.15) is 18.6 Å². The highest BCUT2D eigenvalue weighted by Crippen LogP contribution is 2.28. The van der Waals surface area contributed by atoms with Gasteiger partial charge in [-0.2, -0.15) is 0 Å². The smallest absolute Gasteiger partial charge is 0.0773 e. The molecule has 0 saturated carbocycles. The second-order valence-corrected chi connectivity index (χ2v) is 3.85. The van der Waals surface area contributed by atoms with E-state index >= 15 is 0 Å². The third kappa shape index (κ3) is 2.16. The number of aliphatic hydroxyl groups excluding tert-OH is 1. The fourth-order valence-electron chi connectivity index (χ4n) is 1.03. The predicted octanol–water partition coefficient (Wildman–Crippen LogP) is 3.12. The monoisotopic (exact) mass is 202 g/mol. The molecule has 0 amide bonds. The van der Waals surface area contributed by atoms with E-state index in [1.807, 2.05) is 18.4 Å². The third-order valence-electron chi connectivity index (χ3n) is 1.64. The minimum Gasteiger partial charge on any atom is -0.389 e. The summed E-state index contributed by atoms with van der Waals surface area (Å²) in [5.74, 6) is 0. The van der Waals surface area contributed by atoms with Crippen LogP contribution >= 0.6 is 23.4 Å². The van der Waals surface area contributed by atoms with Gasteiger partial charge in [0.15, 0.2) is 0 Å². The van der Waals surface area contributed by atoms with Crippen molar-refractivity contribution in [3.63, 3.8) is 0 Å². The SMILES string of the molecule is CSc1ccc(Cl)cc1C(C)O. The topological polar surface area (TPSA) is 20.2 Å². The average molecular weight is 203 g/mol. The van der Waals surface area contributed by atoms with Crippen molar-refractivity contribution < 1.29 is 5.11 Å². The maximum Gasteiger partial charge on any atom is 0.0773 e. The molecule has 0 aromatic heterocycles. The number of rotatable bonds is 2. The lowest BCUT2D eigenvalue weighted by Gasteiger charge is -2.09. The predicted molar refractivity (Wildman–Crippen MR) is 53.9 cm³/mol. The van der Waals surface area contributed by atoms with Crippen molar-refractivity contribution in [3.05, 3.63) is 28.8 Å². The molecule has 66 valence electrons. The van der Waals surface area contributed by atoms with E-state index in [-0.39, 0.29) is 0 Å². The van der Waals surface area contributed by atoms with Gasteiger partial charge >= 0.3 is 0 Å². The molecule has 1 unspecified atom stereocenters. The molecule has 0 bridgehead atoms. The highest BCUT2D eigenvalue weighted by Gasteiger charge is 2.07. The number of hydrogen-bond acceptors (Lipinski definition) is 2. The van der Waals surface area contributed by atoms with Crippen LogP contribution in [0.15, 0.2) is 23.1 Å². The molecule has 0 spiro atoms. The molecule has 1 atom stereocenters. The van der Waals surface area contributed by atoms with Gasteiger partial charge in [0, 0.05) is 9.92 Å². The van der Waals surface area contributed by atoms with Gasteiger partial charge in [-0.25, -0.2) is 0 Å². The fourth-order valence-corrected chi connectivity index (χ4v) is 1.88. The zero-order chi connectivity index (χ0) is 9.14. The Morgan fingerprint density at radius 3 is 2.67 bits per heavy atom. The second kappa shape index (κ2) is 4.17. The van der Waals surface area contributed by atoms with Crippen molar-refractivity contribution in [3.8, 4) is 0 Å². The van der Waals surface area contributed by atoms with Crippen LogP contribution < -0.4 is 0 Å². The Labute approximate surface area is 81.7 Å². The second-order valence-electron chi connectivity index (χ2n) is 2.56. The highest BCUT2D eigenvalue weighted by molar-refractivity contribution is 7.98. The maximum absolute atomic E-state index is 9.39. The van der Waals surface area contributed by atoms with Crippen molar-refractivity contribution in [1.82, 2.24) is 0 Å². The lowest BCUT2D eigenvalue weighted by molar-refractivity contribution is 0.196. The van der Waals surface area contributed by atoms with Crippen molar-refractivity contribution in [2.75, 3.05) is 6.26 Å². The van der Waals surface area contributed by atoms with Crippen LogP contribution in [0, 0.1) is 0 Å². The van der Waals surface area contributed by atoms with Gasteiger partial charge in [0.25, 0.3) is 0 Å². The number of halogens is 1. The van der Waals surface area contributed by atoms with Crippen LogP contribution in [0.3, 0.4) is 0 Å². The molecule has 1 aromatic carbocycles. The van der Waals surface area contributed by atoms with E-state index in [0.717, 1.165) is 10.5 Å². The minimum atomic E-state index is -0.453. The van der Waals surface area contributed by atoms with Gasteiger partial charge in [-0.1, -0.05) is 11.6 Å². The molecule has 1 aromatic rings. The Morgan fingerprint density at radius 2 is 2.17 bits per heavy atom. The van der Waals surface area contributed by atoms with Gasteiger partial charge in [0.05, 0.1) is 6.10 Å². The van der Waals surface area contributed by atoms with Crippen molar-refractivity contribution in [2.45, 2.75) is 17.9 Å². The fraction of sp³-hybridized carbons (Fsp3) is 0.333. The van der Waals surface area contributed by atoms with Gasteiger partial charge in [-0.3, -0.25) is 0 Å². The van der Waals surface area contributed by atoms with Gasteiger partial charge in [-0.05, 0) is 36.9 Å². The summed E-state index contributed by atoms with van der Waals surface area (Å²) in [6, 6.07) is 5.56. The Morgan fingerprint density at radius 1 is 1.50 bits per heavy atom. The molecular formula is C9H11ClOS. The van der Waals surface area contributed by atoms with E-state index in [0.29, 0.717) is 5.02 Å². The molecule has 0 aliphatic carbocycles. The molecule has 12 heavy (non-hydrogen) atoms. The Balaban J connectivity index is 3.12. The molecule has 3 heteroatoms. The van der Waals surface area contributed by atoms with Gasteiger partial charge in [0.2, 0.25) is 0 Å². The van der Waals surface area contributed by atoms with Gasteiger partial charge in [0.1, 0.15) is 0 Å². The van der Waals surface area contributed by atoms with E-state index in [4.69, 9.17) is 11.6 Å². The molecule has 1 nitrogen and oxygen atoms in total. The Bertz CT molecular complexity index is 273. The summed E-state index contributed by atoms with van der Waals surface area (Å²) in [6.07, 6.45) is 1.53. The van der Waals surface area contributed by atoms with Crippen LogP contribution in [0.2, 0.25) is 5.02 Å². The number of benzene rings is 1.